The van der Waals surface area contributed by atoms with Gasteiger partial charge >= 0.3 is 0 Å². The van der Waals surface area contributed by atoms with E-state index in [0.717, 1.165) is 84.0 Å². The van der Waals surface area contributed by atoms with Crippen LogP contribution in [0.15, 0.2) is 0 Å². The Morgan fingerprint density at radius 1 is 1.24 bits per heavy atom. The van der Waals surface area contributed by atoms with Crippen molar-refractivity contribution in [2.45, 2.75) is 45.1 Å². The van der Waals surface area contributed by atoms with E-state index in [1.165, 1.54) is 0 Å². The summed E-state index contributed by atoms with van der Waals surface area (Å²) in [4.78, 5) is 16.8. The van der Waals surface area contributed by atoms with Crippen molar-refractivity contribution >= 4 is 5.91 Å². The van der Waals surface area contributed by atoms with Crippen LogP contribution in [0.25, 0.3) is 0 Å². The highest BCUT2D eigenvalue weighted by Crippen LogP contribution is 2.20. The van der Waals surface area contributed by atoms with Crippen LogP contribution in [0.3, 0.4) is 0 Å². The van der Waals surface area contributed by atoms with Crippen molar-refractivity contribution in [3.63, 3.8) is 0 Å². The number of carbonyl (C=O) groups excluding carboxylic acids is 1. The van der Waals surface area contributed by atoms with E-state index in [2.05, 4.69) is 11.8 Å². The minimum atomic E-state index is -0.291. The number of carbonyl (C=O) groups is 1. The third-order valence-corrected chi connectivity index (χ3v) is 4.73. The van der Waals surface area contributed by atoms with Gasteiger partial charge in [0.25, 0.3) is 0 Å². The molecule has 0 aromatic rings. The number of hydrogen-bond donors (Lipinski definition) is 1. The van der Waals surface area contributed by atoms with Gasteiger partial charge in [-0.05, 0) is 25.2 Å². The second kappa shape index (κ2) is 8.71. The molecule has 0 radical (unpaired) electrons. The summed E-state index contributed by atoms with van der Waals surface area (Å²) in [5.74, 6) is 0.882. The summed E-state index contributed by atoms with van der Waals surface area (Å²) in [5.41, 5.74) is 6.00. The molecule has 0 aliphatic carbocycles. The van der Waals surface area contributed by atoms with E-state index in [0.29, 0.717) is 0 Å². The van der Waals surface area contributed by atoms with Crippen molar-refractivity contribution in [3.05, 3.63) is 0 Å². The van der Waals surface area contributed by atoms with Crippen LogP contribution in [0.5, 0.6) is 0 Å². The Balaban J connectivity index is 1.68. The maximum Gasteiger partial charge on any atom is 0.239 e. The van der Waals surface area contributed by atoms with Crippen LogP contribution < -0.4 is 5.73 Å². The van der Waals surface area contributed by atoms with E-state index in [1.807, 2.05) is 4.90 Å². The standard InChI is InChI=1S/C16H31N3O2/c1-2-3-4-15(17)16(20)19-7-5-14(6-8-19)13-18-9-11-21-12-10-18/h14-15H,2-13,17H2,1H3. The van der Waals surface area contributed by atoms with Gasteiger partial charge in [0.1, 0.15) is 0 Å². The molecule has 2 aliphatic heterocycles. The van der Waals surface area contributed by atoms with Crippen LogP contribution in [0.2, 0.25) is 0 Å². The maximum absolute atomic E-state index is 12.3. The molecule has 0 bridgehead atoms. The molecule has 2 N–H and O–H groups in total. The lowest BCUT2D eigenvalue weighted by Crippen LogP contribution is -2.48. The molecule has 5 nitrogen and oxygen atoms in total. The molecule has 2 heterocycles. The summed E-state index contributed by atoms with van der Waals surface area (Å²) in [6.07, 6.45) is 5.19. The summed E-state index contributed by atoms with van der Waals surface area (Å²) in [6.45, 7) is 8.90. The predicted octanol–water partition coefficient (Wildman–Crippen LogP) is 1.07. The second-order valence-corrected chi connectivity index (χ2v) is 6.43. The third-order valence-electron chi connectivity index (χ3n) is 4.73. The summed E-state index contributed by atoms with van der Waals surface area (Å²) < 4.78 is 5.39. The second-order valence-electron chi connectivity index (χ2n) is 6.43. The molecule has 5 heteroatoms. The number of morpholine rings is 1. The fraction of sp³-hybridized carbons (Fsp3) is 0.938. The van der Waals surface area contributed by atoms with Crippen molar-refractivity contribution < 1.29 is 9.53 Å². The van der Waals surface area contributed by atoms with Crippen molar-refractivity contribution in [2.24, 2.45) is 11.7 Å². The molecule has 21 heavy (non-hydrogen) atoms. The molecule has 0 saturated carbocycles. The molecule has 1 atom stereocenters. The van der Waals surface area contributed by atoms with Crippen molar-refractivity contribution in [1.29, 1.82) is 0 Å². The van der Waals surface area contributed by atoms with Gasteiger partial charge < -0.3 is 15.4 Å². The number of hydrogen-bond acceptors (Lipinski definition) is 4. The first-order chi connectivity index (χ1) is 10.2. The molecule has 122 valence electrons. The topological polar surface area (TPSA) is 58.8 Å². The lowest BCUT2D eigenvalue weighted by atomic mass is 9.95. The largest absolute Gasteiger partial charge is 0.379 e. The zero-order valence-corrected chi connectivity index (χ0v) is 13.4. The Morgan fingerprint density at radius 3 is 2.52 bits per heavy atom. The van der Waals surface area contributed by atoms with Gasteiger partial charge in [0.15, 0.2) is 0 Å². The van der Waals surface area contributed by atoms with E-state index in [1.54, 1.807) is 0 Å². The molecule has 0 spiro atoms. The lowest BCUT2D eigenvalue weighted by molar-refractivity contribution is -0.134. The summed E-state index contributed by atoms with van der Waals surface area (Å²) in [5, 5.41) is 0. The average Bonchev–Trinajstić information content (AvgIpc) is 2.53. The quantitative estimate of drug-likeness (QED) is 0.797. The Labute approximate surface area is 128 Å². The van der Waals surface area contributed by atoms with E-state index < -0.39 is 0 Å². The molecular weight excluding hydrogens is 266 g/mol. The van der Waals surface area contributed by atoms with Gasteiger partial charge in [0.2, 0.25) is 5.91 Å². The number of ether oxygens (including phenoxy) is 1. The van der Waals surface area contributed by atoms with E-state index in [9.17, 15) is 4.79 Å². The van der Waals surface area contributed by atoms with Gasteiger partial charge in [-0.15, -0.1) is 0 Å². The highest BCUT2D eigenvalue weighted by Gasteiger charge is 2.27. The Morgan fingerprint density at radius 2 is 1.90 bits per heavy atom. The zero-order chi connectivity index (χ0) is 15.1. The van der Waals surface area contributed by atoms with Gasteiger partial charge in [0, 0.05) is 32.7 Å². The molecule has 1 unspecified atom stereocenters. The van der Waals surface area contributed by atoms with Crippen molar-refractivity contribution in [3.8, 4) is 0 Å². The number of likely N-dealkylation sites (tertiary alicyclic amines) is 1. The van der Waals surface area contributed by atoms with Crippen LogP contribution in [0.1, 0.15) is 39.0 Å². The minimum Gasteiger partial charge on any atom is -0.379 e. The van der Waals surface area contributed by atoms with Gasteiger partial charge in [-0.3, -0.25) is 9.69 Å². The smallest absolute Gasteiger partial charge is 0.239 e. The van der Waals surface area contributed by atoms with Gasteiger partial charge in [-0.2, -0.15) is 0 Å². The highest BCUT2D eigenvalue weighted by atomic mass is 16.5. The van der Waals surface area contributed by atoms with Gasteiger partial charge in [0.05, 0.1) is 19.3 Å². The number of piperidine rings is 1. The first-order valence-electron chi connectivity index (χ1n) is 8.55. The van der Waals surface area contributed by atoms with Crippen LogP contribution in [0, 0.1) is 5.92 Å². The first kappa shape index (κ1) is 16.7. The Kier molecular flexibility index (Phi) is 6.93. The Hall–Kier alpha value is -0.650. The fourth-order valence-corrected chi connectivity index (χ4v) is 3.27. The molecule has 2 fully saturated rings. The maximum atomic E-state index is 12.3. The third kappa shape index (κ3) is 5.24. The normalized spacial score (nSPS) is 23.2. The van der Waals surface area contributed by atoms with Crippen LogP contribution in [0.4, 0.5) is 0 Å². The molecule has 2 aliphatic rings. The van der Waals surface area contributed by atoms with Crippen LogP contribution in [-0.4, -0.2) is 67.7 Å². The fourth-order valence-electron chi connectivity index (χ4n) is 3.27. The number of unbranched alkanes of at least 4 members (excludes halogenated alkanes) is 1. The summed E-state index contributed by atoms with van der Waals surface area (Å²) in [6, 6.07) is -0.291. The molecule has 2 saturated heterocycles. The summed E-state index contributed by atoms with van der Waals surface area (Å²) in [7, 11) is 0. The first-order valence-corrected chi connectivity index (χ1v) is 8.55. The van der Waals surface area contributed by atoms with E-state index in [4.69, 9.17) is 10.5 Å². The average molecular weight is 297 g/mol. The van der Waals surface area contributed by atoms with Crippen LogP contribution in [-0.2, 0) is 9.53 Å². The minimum absolute atomic E-state index is 0.160. The predicted molar refractivity (Wildman–Crippen MR) is 84.1 cm³/mol. The van der Waals surface area contributed by atoms with Crippen molar-refractivity contribution in [1.82, 2.24) is 9.80 Å². The van der Waals surface area contributed by atoms with Gasteiger partial charge in [-0.25, -0.2) is 0 Å². The molecule has 0 aromatic carbocycles. The number of amides is 1. The highest BCUT2D eigenvalue weighted by molar-refractivity contribution is 5.81. The molecular formula is C16H31N3O2. The zero-order valence-electron chi connectivity index (χ0n) is 13.4. The van der Waals surface area contributed by atoms with Crippen molar-refractivity contribution in [2.75, 3.05) is 45.9 Å². The number of nitrogens with zero attached hydrogens (tertiary/aromatic N) is 2. The molecule has 1 amide bonds. The van der Waals surface area contributed by atoms with Gasteiger partial charge in [-0.1, -0.05) is 19.8 Å². The molecule has 2 rings (SSSR count). The van der Waals surface area contributed by atoms with E-state index >= 15 is 0 Å². The number of rotatable bonds is 6. The van der Waals surface area contributed by atoms with E-state index in [-0.39, 0.29) is 11.9 Å². The number of nitrogens with two attached hydrogens (primary N) is 1. The monoisotopic (exact) mass is 297 g/mol. The van der Waals surface area contributed by atoms with Crippen LogP contribution >= 0.6 is 0 Å². The lowest BCUT2D eigenvalue weighted by Gasteiger charge is -2.36. The Bertz CT molecular complexity index is 311. The summed E-state index contributed by atoms with van der Waals surface area (Å²) >= 11 is 0. The molecule has 0 aromatic heterocycles. The SMILES string of the molecule is CCCCC(N)C(=O)N1CCC(CN2CCOCC2)CC1.